The van der Waals surface area contributed by atoms with Crippen molar-refractivity contribution >= 4 is 26.9 Å². The zero-order valence-electron chi connectivity index (χ0n) is 16.5. The number of nitrogens with zero attached hydrogens (tertiary/aromatic N) is 1. The Morgan fingerprint density at radius 1 is 1.10 bits per heavy atom. The average molecular weight is 417 g/mol. The van der Waals surface area contributed by atoms with E-state index in [0.717, 1.165) is 0 Å². The molecule has 29 heavy (non-hydrogen) atoms. The van der Waals surface area contributed by atoms with Crippen LogP contribution >= 0.6 is 0 Å². The van der Waals surface area contributed by atoms with Crippen LogP contribution < -0.4 is 9.47 Å². The zero-order valence-corrected chi connectivity index (χ0v) is 17.3. The highest BCUT2D eigenvalue weighted by molar-refractivity contribution is 7.90. The SMILES string of the molecule is COc1ccc2c(c1)c(CCC(=O)O)cn2S(=O)(=O)c1ccc(OC(C)C)cc1. The summed E-state index contributed by atoms with van der Waals surface area (Å²) >= 11 is 0. The van der Waals surface area contributed by atoms with Gasteiger partial charge in [0, 0.05) is 18.0 Å². The molecule has 0 unspecified atom stereocenters. The molecular weight excluding hydrogens is 394 g/mol. The van der Waals surface area contributed by atoms with Gasteiger partial charge in [-0.1, -0.05) is 0 Å². The monoisotopic (exact) mass is 417 g/mol. The molecule has 2 aromatic carbocycles. The molecule has 8 heteroatoms. The maximum absolute atomic E-state index is 13.3. The number of benzene rings is 2. The van der Waals surface area contributed by atoms with Gasteiger partial charge < -0.3 is 14.6 Å². The third kappa shape index (κ3) is 4.37. The smallest absolute Gasteiger partial charge is 0.303 e. The van der Waals surface area contributed by atoms with Gasteiger partial charge in [0.2, 0.25) is 0 Å². The number of aryl methyl sites for hydroxylation is 1. The van der Waals surface area contributed by atoms with E-state index in [2.05, 4.69) is 0 Å². The highest BCUT2D eigenvalue weighted by Crippen LogP contribution is 2.30. The largest absolute Gasteiger partial charge is 0.497 e. The maximum Gasteiger partial charge on any atom is 0.303 e. The number of hydrogen-bond acceptors (Lipinski definition) is 5. The molecule has 0 radical (unpaired) electrons. The van der Waals surface area contributed by atoms with E-state index < -0.39 is 16.0 Å². The minimum atomic E-state index is -3.88. The number of ether oxygens (including phenoxy) is 2. The van der Waals surface area contributed by atoms with E-state index in [1.807, 2.05) is 13.8 Å². The first-order chi connectivity index (χ1) is 13.7. The standard InChI is InChI=1S/C21H23NO6S/c1-14(2)28-16-5-8-18(9-6-16)29(25,26)22-13-15(4-11-21(23)24)19-12-17(27-3)7-10-20(19)22/h5-10,12-14H,4,11H2,1-3H3,(H,23,24). The predicted molar refractivity (Wildman–Crippen MR) is 109 cm³/mol. The first-order valence-electron chi connectivity index (χ1n) is 9.14. The molecule has 0 aliphatic rings. The van der Waals surface area contributed by atoms with Crippen LogP contribution in [0.5, 0.6) is 11.5 Å². The van der Waals surface area contributed by atoms with Crippen molar-refractivity contribution in [3.05, 3.63) is 54.2 Å². The van der Waals surface area contributed by atoms with E-state index in [1.165, 1.54) is 29.4 Å². The molecule has 0 spiro atoms. The fourth-order valence-electron chi connectivity index (χ4n) is 3.09. The van der Waals surface area contributed by atoms with Gasteiger partial charge in [-0.15, -0.1) is 0 Å². The molecule has 0 saturated heterocycles. The number of methoxy groups -OCH3 is 1. The molecule has 7 nitrogen and oxygen atoms in total. The quantitative estimate of drug-likeness (QED) is 0.601. The Morgan fingerprint density at radius 3 is 2.34 bits per heavy atom. The Kier molecular flexibility index (Phi) is 5.83. The second kappa shape index (κ2) is 8.16. The van der Waals surface area contributed by atoms with Gasteiger partial charge in [-0.05, 0) is 68.3 Å². The molecule has 3 rings (SSSR count). The van der Waals surface area contributed by atoms with Crippen LogP contribution in [0.15, 0.2) is 53.6 Å². The van der Waals surface area contributed by atoms with Crippen molar-refractivity contribution in [2.24, 2.45) is 0 Å². The van der Waals surface area contributed by atoms with Crippen LogP contribution in [0, 0.1) is 0 Å². The summed E-state index contributed by atoms with van der Waals surface area (Å²) in [5.74, 6) is 0.208. The lowest BCUT2D eigenvalue weighted by Gasteiger charge is -2.11. The Morgan fingerprint density at radius 2 is 1.76 bits per heavy atom. The number of hydrogen-bond donors (Lipinski definition) is 1. The Bertz CT molecular complexity index is 1130. The summed E-state index contributed by atoms with van der Waals surface area (Å²) in [6, 6.07) is 11.3. The van der Waals surface area contributed by atoms with Gasteiger partial charge >= 0.3 is 5.97 Å². The first-order valence-corrected chi connectivity index (χ1v) is 10.6. The van der Waals surface area contributed by atoms with Gasteiger partial charge in [-0.25, -0.2) is 12.4 Å². The third-order valence-corrected chi connectivity index (χ3v) is 6.11. The third-order valence-electron chi connectivity index (χ3n) is 4.42. The maximum atomic E-state index is 13.3. The van der Waals surface area contributed by atoms with Crippen LogP contribution in [-0.2, 0) is 21.2 Å². The van der Waals surface area contributed by atoms with Crippen molar-refractivity contribution < 1.29 is 27.8 Å². The summed E-state index contributed by atoms with van der Waals surface area (Å²) in [4.78, 5) is 11.1. The van der Waals surface area contributed by atoms with Crippen molar-refractivity contribution in [2.45, 2.75) is 37.7 Å². The van der Waals surface area contributed by atoms with Crippen molar-refractivity contribution in [3.8, 4) is 11.5 Å². The van der Waals surface area contributed by atoms with Gasteiger partial charge in [-0.2, -0.15) is 0 Å². The molecule has 154 valence electrons. The van der Waals surface area contributed by atoms with E-state index in [-0.39, 0.29) is 23.8 Å². The lowest BCUT2D eigenvalue weighted by Crippen LogP contribution is -2.12. The number of aliphatic carboxylic acids is 1. The summed E-state index contributed by atoms with van der Waals surface area (Å²) in [7, 11) is -2.35. The zero-order chi connectivity index (χ0) is 21.2. The molecule has 0 fully saturated rings. The van der Waals surface area contributed by atoms with E-state index in [1.54, 1.807) is 30.3 Å². The molecule has 3 aromatic rings. The Balaban J connectivity index is 2.08. The fraction of sp³-hybridized carbons (Fsp3) is 0.286. The fourth-order valence-corrected chi connectivity index (χ4v) is 4.48. The van der Waals surface area contributed by atoms with Crippen molar-refractivity contribution in [3.63, 3.8) is 0 Å². The van der Waals surface area contributed by atoms with E-state index in [4.69, 9.17) is 14.6 Å². The van der Waals surface area contributed by atoms with Gasteiger partial charge in [-0.3, -0.25) is 4.79 Å². The second-order valence-corrected chi connectivity index (χ2v) is 8.68. The first kappa shape index (κ1) is 20.7. The minimum absolute atomic E-state index is 0.0161. The lowest BCUT2D eigenvalue weighted by molar-refractivity contribution is -0.136. The van der Waals surface area contributed by atoms with Crippen LogP contribution in [0.25, 0.3) is 10.9 Å². The Hall–Kier alpha value is -3.00. The van der Waals surface area contributed by atoms with Crippen LogP contribution in [-0.4, -0.2) is 36.7 Å². The van der Waals surface area contributed by atoms with E-state index in [9.17, 15) is 13.2 Å². The normalized spacial score (nSPS) is 11.7. The van der Waals surface area contributed by atoms with Crippen LogP contribution in [0.3, 0.4) is 0 Å². The van der Waals surface area contributed by atoms with Crippen molar-refractivity contribution in [2.75, 3.05) is 7.11 Å². The van der Waals surface area contributed by atoms with Crippen molar-refractivity contribution in [1.29, 1.82) is 0 Å². The Labute approximate surface area is 169 Å². The topological polar surface area (TPSA) is 94.8 Å². The van der Waals surface area contributed by atoms with Crippen LogP contribution in [0.1, 0.15) is 25.8 Å². The number of carboxylic acids is 1. The molecule has 0 bridgehead atoms. The molecule has 0 aliphatic carbocycles. The van der Waals surface area contributed by atoms with Gasteiger partial charge in [0.25, 0.3) is 10.0 Å². The number of aromatic nitrogens is 1. The molecule has 0 saturated carbocycles. The summed E-state index contributed by atoms with van der Waals surface area (Å²) in [6.07, 6.45) is 1.58. The summed E-state index contributed by atoms with van der Waals surface area (Å²) in [5, 5.41) is 9.67. The number of rotatable bonds is 8. The molecule has 1 heterocycles. The molecule has 0 aliphatic heterocycles. The molecule has 1 aromatic heterocycles. The summed E-state index contributed by atoms with van der Waals surface area (Å²) in [6.45, 7) is 3.78. The predicted octanol–water partition coefficient (Wildman–Crippen LogP) is 3.69. The summed E-state index contributed by atoms with van der Waals surface area (Å²) in [5.41, 5.74) is 1.10. The average Bonchev–Trinajstić information content (AvgIpc) is 3.05. The number of fused-ring (bicyclic) bond motifs is 1. The van der Waals surface area contributed by atoms with E-state index >= 15 is 0 Å². The van der Waals surface area contributed by atoms with Crippen LogP contribution in [0.2, 0.25) is 0 Å². The summed E-state index contributed by atoms with van der Waals surface area (Å²) < 4.78 is 38.5. The lowest BCUT2D eigenvalue weighted by atomic mass is 10.1. The van der Waals surface area contributed by atoms with E-state index in [0.29, 0.717) is 28.0 Å². The van der Waals surface area contributed by atoms with Gasteiger partial charge in [0.15, 0.2) is 0 Å². The van der Waals surface area contributed by atoms with Gasteiger partial charge in [0.1, 0.15) is 11.5 Å². The second-order valence-electron chi connectivity index (χ2n) is 6.87. The highest BCUT2D eigenvalue weighted by Gasteiger charge is 2.22. The number of carbonyl (C=O) groups is 1. The highest BCUT2D eigenvalue weighted by atomic mass is 32.2. The van der Waals surface area contributed by atoms with Crippen LogP contribution in [0.4, 0.5) is 0 Å². The number of carboxylic acid groups (broad SMARTS) is 1. The molecule has 0 atom stereocenters. The van der Waals surface area contributed by atoms with Gasteiger partial charge in [0.05, 0.1) is 23.6 Å². The molecular formula is C21H23NO6S. The molecule has 0 amide bonds. The van der Waals surface area contributed by atoms with Crippen molar-refractivity contribution in [1.82, 2.24) is 3.97 Å². The molecule has 1 N–H and O–H groups in total. The minimum Gasteiger partial charge on any atom is -0.497 e.